The molecule has 0 bridgehead atoms. The quantitative estimate of drug-likeness (QED) is 0.623. The van der Waals surface area contributed by atoms with Crippen LogP contribution in [0.2, 0.25) is 0 Å². The van der Waals surface area contributed by atoms with E-state index in [2.05, 4.69) is 0 Å². The first kappa shape index (κ1) is 9.03. The van der Waals surface area contributed by atoms with Gasteiger partial charge in [0.15, 0.2) is 5.12 Å². The maximum Gasteiger partial charge on any atom is 0.185 e. The molecule has 1 saturated heterocycles. The molecule has 1 atom stereocenters. The molecule has 0 aromatic rings. The van der Waals surface area contributed by atoms with E-state index >= 15 is 0 Å². The summed E-state index contributed by atoms with van der Waals surface area (Å²) in [6.45, 7) is 2.56. The zero-order chi connectivity index (χ0) is 8.27. The van der Waals surface area contributed by atoms with Crippen LogP contribution in [0.1, 0.15) is 13.3 Å². The van der Waals surface area contributed by atoms with Crippen LogP contribution in [-0.4, -0.2) is 35.6 Å². The Morgan fingerprint density at radius 2 is 2.55 bits per heavy atom. The maximum atomic E-state index is 10.6. The molecule has 3 nitrogen and oxygen atoms in total. The summed E-state index contributed by atoms with van der Waals surface area (Å²) in [6.07, 6.45) is 1.28. The second kappa shape index (κ2) is 4.09. The van der Waals surface area contributed by atoms with Crippen molar-refractivity contribution in [1.82, 2.24) is 5.06 Å². The van der Waals surface area contributed by atoms with Gasteiger partial charge in [-0.15, -0.1) is 0 Å². The smallest absolute Gasteiger partial charge is 0.185 e. The lowest BCUT2D eigenvalue weighted by molar-refractivity contribution is -0.119. The molecule has 0 aliphatic carbocycles. The third-order valence-electron chi connectivity index (χ3n) is 1.57. The predicted molar refractivity (Wildman–Crippen MR) is 45.3 cm³/mol. The van der Waals surface area contributed by atoms with Crippen LogP contribution in [0.3, 0.4) is 0 Å². The molecule has 0 spiro atoms. The van der Waals surface area contributed by atoms with E-state index in [1.165, 1.54) is 11.8 Å². The predicted octanol–water partition coefficient (Wildman–Crippen LogP) is 0.902. The lowest BCUT2D eigenvalue weighted by Gasteiger charge is -2.09. The molecule has 11 heavy (non-hydrogen) atoms. The fourth-order valence-electron chi connectivity index (χ4n) is 1.01. The van der Waals surface area contributed by atoms with E-state index in [0.717, 1.165) is 18.7 Å². The van der Waals surface area contributed by atoms with Crippen LogP contribution in [0.5, 0.6) is 0 Å². The van der Waals surface area contributed by atoms with Crippen LogP contribution < -0.4 is 0 Å². The van der Waals surface area contributed by atoms with E-state index < -0.39 is 0 Å². The number of rotatable bonds is 2. The van der Waals surface area contributed by atoms with E-state index in [9.17, 15) is 4.79 Å². The van der Waals surface area contributed by atoms with Gasteiger partial charge in [0.05, 0.1) is 6.10 Å². The number of hydrogen-bond donors (Lipinski definition) is 0. The van der Waals surface area contributed by atoms with Crippen molar-refractivity contribution in [3.63, 3.8) is 0 Å². The van der Waals surface area contributed by atoms with Crippen LogP contribution in [0.4, 0.5) is 0 Å². The van der Waals surface area contributed by atoms with Gasteiger partial charge in [0.1, 0.15) is 0 Å². The second-order valence-electron chi connectivity index (χ2n) is 2.67. The van der Waals surface area contributed by atoms with E-state index in [4.69, 9.17) is 4.84 Å². The molecular formula is C7H13NO2S. The maximum absolute atomic E-state index is 10.6. The van der Waals surface area contributed by atoms with Crippen molar-refractivity contribution in [2.24, 2.45) is 0 Å². The van der Waals surface area contributed by atoms with Crippen LogP contribution >= 0.6 is 11.8 Å². The molecule has 1 fully saturated rings. The van der Waals surface area contributed by atoms with Gasteiger partial charge in [-0.2, -0.15) is 5.06 Å². The number of carbonyl (C=O) groups is 1. The largest absolute Gasteiger partial charge is 0.295 e. The van der Waals surface area contributed by atoms with Crippen molar-refractivity contribution < 1.29 is 9.63 Å². The fraction of sp³-hybridized carbons (Fsp3) is 0.857. The van der Waals surface area contributed by atoms with Gasteiger partial charge in [-0.3, -0.25) is 9.63 Å². The van der Waals surface area contributed by atoms with E-state index in [-0.39, 0.29) is 11.2 Å². The first-order valence-electron chi connectivity index (χ1n) is 3.70. The summed E-state index contributed by atoms with van der Waals surface area (Å²) < 4.78 is 0. The molecule has 0 aromatic heterocycles. The molecule has 0 aromatic carbocycles. The molecule has 1 aliphatic rings. The van der Waals surface area contributed by atoms with Crippen LogP contribution in [0.15, 0.2) is 0 Å². The molecule has 1 unspecified atom stereocenters. The minimum absolute atomic E-state index is 0.170. The van der Waals surface area contributed by atoms with Crippen LogP contribution in [0.25, 0.3) is 0 Å². The van der Waals surface area contributed by atoms with E-state index in [0.29, 0.717) is 0 Å². The Morgan fingerprint density at radius 3 is 3.00 bits per heavy atom. The topological polar surface area (TPSA) is 29.5 Å². The van der Waals surface area contributed by atoms with Crippen molar-refractivity contribution in [1.29, 1.82) is 0 Å². The van der Waals surface area contributed by atoms with Gasteiger partial charge in [0.25, 0.3) is 0 Å². The number of hydroxylamine groups is 2. The first-order chi connectivity index (χ1) is 5.18. The Balaban J connectivity index is 2.13. The average molecular weight is 175 g/mol. The SMILES string of the molecule is CC(=O)SCC1CCN(C)O1. The Kier molecular flexibility index (Phi) is 3.36. The van der Waals surface area contributed by atoms with Crippen molar-refractivity contribution in [2.75, 3.05) is 19.3 Å². The Hall–Kier alpha value is -0.0600. The minimum atomic E-state index is 0.170. The van der Waals surface area contributed by atoms with Gasteiger partial charge < -0.3 is 0 Å². The molecule has 1 rings (SSSR count). The van der Waals surface area contributed by atoms with Gasteiger partial charge >= 0.3 is 0 Å². The second-order valence-corrected chi connectivity index (χ2v) is 3.87. The lowest BCUT2D eigenvalue weighted by Crippen LogP contribution is -2.15. The number of nitrogens with zero attached hydrogens (tertiary/aromatic N) is 1. The summed E-state index contributed by atoms with van der Waals surface area (Å²) in [5.41, 5.74) is 0. The van der Waals surface area contributed by atoms with Crippen LogP contribution in [-0.2, 0) is 9.63 Å². The van der Waals surface area contributed by atoms with Gasteiger partial charge in [-0.25, -0.2) is 0 Å². The number of thioether (sulfide) groups is 1. The molecule has 0 N–H and O–H groups in total. The van der Waals surface area contributed by atoms with Gasteiger partial charge in [-0.1, -0.05) is 11.8 Å². The molecule has 4 heteroatoms. The molecule has 1 aliphatic heterocycles. The van der Waals surface area contributed by atoms with Crippen LogP contribution in [0, 0.1) is 0 Å². The molecule has 0 amide bonds. The number of carbonyl (C=O) groups excluding carboxylic acids is 1. The normalized spacial score (nSPS) is 25.8. The third-order valence-corrected chi connectivity index (χ3v) is 2.51. The highest BCUT2D eigenvalue weighted by atomic mass is 32.2. The Bertz CT molecular complexity index is 151. The highest BCUT2D eigenvalue weighted by Crippen LogP contribution is 2.16. The molecule has 64 valence electrons. The lowest BCUT2D eigenvalue weighted by atomic mass is 10.3. The molecule has 0 saturated carbocycles. The summed E-state index contributed by atoms with van der Waals surface area (Å²) in [5.74, 6) is 0.791. The van der Waals surface area contributed by atoms with Crippen molar-refractivity contribution >= 4 is 16.9 Å². The monoisotopic (exact) mass is 175 g/mol. The van der Waals surface area contributed by atoms with Gasteiger partial charge in [-0.05, 0) is 6.42 Å². The first-order valence-corrected chi connectivity index (χ1v) is 4.68. The summed E-state index contributed by atoms with van der Waals surface area (Å²) in [4.78, 5) is 15.9. The zero-order valence-electron chi connectivity index (χ0n) is 6.87. The third kappa shape index (κ3) is 3.22. The summed E-state index contributed by atoms with van der Waals surface area (Å²) in [7, 11) is 1.92. The summed E-state index contributed by atoms with van der Waals surface area (Å²) >= 11 is 1.34. The standard InChI is InChI=1S/C7H13NO2S/c1-6(9)11-5-7-3-4-8(2)10-7/h7H,3-5H2,1-2H3. The summed E-state index contributed by atoms with van der Waals surface area (Å²) in [5, 5.41) is 1.99. The van der Waals surface area contributed by atoms with E-state index in [1.807, 2.05) is 12.1 Å². The van der Waals surface area contributed by atoms with Gasteiger partial charge in [0, 0.05) is 26.3 Å². The molecule has 0 radical (unpaired) electrons. The summed E-state index contributed by atoms with van der Waals surface area (Å²) in [6, 6.07) is 0. The van der Waals surface area contributed by atoms with E-state index in [1.54, 1.807) is 6.92 Å². The minimum Gasteiger partial charge on any atom is -0.295 e. The zero-order valence-corrected chi connectivity index (χ0v) is 7.69. The fourth-order valence-corrected chi connectivity index (χ4v) is 1.66. The Morgan fingerprint density at radius 1 is 1.82 bits per heavy atom. The van der Waals surface area contributed by atoms with Crippen molar-refractivity contribution in [3.8, 4) is 0 Å². The molecular weight excluding hydrogens is 162 g/mol. The average Bonchev–Trinajstić information content (AvgIpc) is 2.31. The van der Waals surface area contributed by atoms with Crippen molar-refractivity contribution in [3.05, 3.63) is 0 Å². The number of hydrogen-bond acceptors (Lipinski definition) is 4. The Labute approximate surface area is 71.0 Å². The highest BCUT2D eigenvalue weighted by Gasteiger charge is 2.20. The highest BCUT2D eigenvalue weighted by molar-refractivity contribution is 8.13. The van der Waals surface area contributed by atoms with Gasteiger partial charge in [0.2, 0.25) is 0 Å². The molecule has 1 heterocycles. The van der Waals surface area contributed by atoms with Crippen molar-refractivity contribution in [2.45, 2.75) is 19.4 Å².